The van der Waals surface area contributed by atoms with Crippen molar-refractivity contribution in [3.63, 3.8) is 0 Å². The van der Waals surface area contributed by atoms with Gasteiger partial charge in [-0.1, -0.05) is 13.3 Å². The van der Waals surface area contributed by atoms with Crippen molar-refractivity contribution in [2.75, 3.05) is 0 Å². The quantitative estimate of drug-likeness (QED) is 0.874. The highest BCUT2D eigenvalue weighted by Crippen LogP contribution is 2.21. The van der Waals surface area contributed by atoms with E-state index in [2.05, 4.69) is 5.32 Å². The number of nitrogens with one attached hydrogen (secondary N) is 1. The van der Waals surface area contributed by atoms with Gasteiger partial charge in [-0.2, -0.15) is 0 Å². The lowest BCUT2D eigenvalue weighted by Gasteiger charge is -2.26. The van der Waals surface area contributed by atoms with E-state index in [0.717, 1.165) is 18.4 Å². The van der Waals surface area contributed by atoms with E-state index in [-0.39, 0.29) is 16.3 Å². The summed E-state index contributed by atoms with van der Waals surface area (Å²) in [5, 5.41) is 8.14. The maximum atomic E-state index is 12.3. The minimum absolute atomic E-state index is 0.000877. The van der Waals surface area contributed by atoms with Crippen molar-refractivity contribution < 1.29 is 13.2 Å². The Hall–Kier alpha value is -1.40. The Kier molecular flexibility index (Phi) is 5.17. The first-order valence-corrected chi connectivity index (χ1v) is 8.49. The van der Waals surface area contributed by atoms with Gasteiger partial charge in [0, 0.05) is 11.1 Å². The fourth-order valence-electron chi connectivity index (χ4n) is 2.32. The van der Waals surface area contributed by atoms with Crippen LogP contribution in [0.3, 0.4) is 0 Å². The highest BCUT2D eigenvalue weighted by atomic mass is 32.2. The van der Waals surface area contributed by atoms with Crippen molar-refractivity contribution in [3.8, 4) is 0 Å². The molecule has 0 aromatic heterocycles. The van der Waals surface area contributed by atoms with Gasteiger partial charge in [-0.05, 0) is 57.4 Å². The van der Waals surface area contributed by atoms with Gasteiger partial charge in [-0.25, -0.2) is 13.6 Å². The molecule has 0 aliphatic carbocycles. The molecule has 118 valence electrons. The maximum Gasteiger partial charge on any atom is 0.251 e. The van der Waals surface area contributed by atoms with Gasteiger partial charge in [-0.15, -0.1) is 0 Å². The minimum atomic E-state index is -3.85. The van der Waals surface area contributed by atoms with Crippen LogP contribution in [0.1, 0.15) is 55.1 Å². The Morgan fingerprint density at radius 1 is 1.29 bits per heavy atom. The van der Waals surface area contributed by atoms with Crippen LogP contribution >= 0.6 is 0 Å². The van der Waals surface area contributed by atoms with Crippen LogP contribution in [-0.2, 0) is 10.0 Å². The average molecular weight is 312 g/mol. The third-order valence-corrected chi connectivity index (χ3v) is 4.55. The molecular formula is C15H24N2O3S. The second-order valence-corrected chi connectivity index (χ2v) is 7.58. The summed E-state index contributed by atoms with van der Waals surface area (Å²) in [4.78, 5) is 12.3. The van der Waals surface area contributed by atoms with Gasteiger partial charge in [0.1, 0.15) is 0 Å². The number of carbonyl (C=O) groups excluding carboxylic acids is 1. The van der Waals surface area contributed by atoms with Crippen molar-refractivity contribution >= 4 is 15.9 Å². The number of primary sulfonamides is 1. The molecule has 0 bridgehead atoms. The highest BCUT2D eigenvalue weighted by Gasteiger charge is 2.22. The lowest BCUT2D eigenvalue weighted by molar-refractivity contribution is 0.0908. The van der Waals surface area contributed by atoms with E-state index in [1.54, 1.807) is 19.9 Å². The van der Waals surface area contributed by atoms with Crippen LogP contribution in [0, 0.1) is 13.8 Å². The zero-order valence-corrected chi connectivity index (χ0v) is 14.1. The van der Waals surface area contributed by atoms with Crippen LogP contribution < -0.4 is 10.5 Å². The smallest absolute Gasteiger partial charge is 0.251 e. The first-order valence-electron chi connectivity index (χ1n) is 6.94. The molecule has 0 aliphatic heterocycles. The van der Waals surface area contributed by atoms with E-state index < -0.39 is 10.0 Å². The normalized spacial score (nSPS) is 12.3. The molecule has 0 fully saturated rings. The molecule has 0 radical (unpaired) electrons. The number of rotatable bonds is 5. The average Bonchev–Trinajstić information content (AvgIpc) is 2.29. The lowest BCUT2D eigenvalue weighted by Crippen LogP contribution is -2.43. The molecule has 21 heavy (non-hydrogen) atoms. The standard InChI is InChI=1S/C15H24N2O3S/c1-6-7-15(4,5)17-14(18)12-8-10(2)11(3)13(9-12)21(16,19)20/h8-9H,6-7H2,1-5H3,(H,17,18)(H2,16,19,20). The fourth-order valence-corrected chi connectivity index (χ4v) is 3.20. The molecule has 1 amide bonds. The number of nitrogens with two attached hydrogens (primary N) is 1. The van der Waals surface area contributed by atoms with Crippen molar-refractivity contribution in [1.82, 2.24) is 5.32 Å². The summed E-state index contributed by atoms with van der Waals surface area (Å²) in [5.41, 5.74) is 1.26. The second-order valence-electron chi connectivity index (χ2n) is 6.05. The third-order valence-electron chi connectivity index (χ3n) is 3.52. The number of aryl methyl sites for hydroxylation is 1. The lowest BCUT2D eigenvalue weighted by atomic mass is 9.98. The molecule has 1 aromatic rings. The predicted octanol–water partition coefficient (Wildman–Crippen LogP) is 2.26. The molecule has 5 nitrogen and oxygen atoms in total. The van der Waals surface area contributed by atoms with Gasteiger partial charge in [0.15, 0.2) is 0 Å². The topological polar surface area (TPSA) is 89.3 Å². The molecule has 0 spiro atoms. The van der Waals surface area contributed by atoms with Crippen LogP contribution in [0.15, 0.2) is 17.0 Å². The minimum Gasteiger partial charge on any atom is -0.347 e. The van der Waals surface area contributed by atoms with E-state index in [9.17, 15) is 13.2 Å². The largest absolute Gasteiger partial charge is 0.347 e. The first-order chi connectivity index (χ1) is 9.48. The molecule has 0 saturated carbocycles. The van der Waals surface area contributed by atoms with Crippen LogP contribution in [0.25, 0.3) is 0 Å². The molecule has 0 saturated heterocycles. The van der Waals surface area contributed by atoms with E-state index in [1.807, 2.05) is 20.8 Å². The van der Waals surface area contributed by atoms with E-state index in [4.69, 9.17) is 5.14 Å². The van der Waals surface area contributed by atoms with Gasteiger partial charge in [0.2, 0.25) is 10.0 Å². The van der Waals surface area contributed by atoms with E-state index >= 15 is 0 Å². The van der Waals surface area contributed by atoms with Crippen LogP contribution in [0.4, 0.5) is 0 Å². The molecule has 1 aromatic carbocycles. The number of sulfonamides is 1. The summed E-state index contributed by atoms with van der Waals surface area (Å²) in [6.07, 6.45) is 1.79. The number of hydrogen-bond donors (Lipinski definition) is 2. The molecule has 1 rings (SSSR count). The van der Waals surface area contributed by atoms with Crippen LogP contribution in [0.5, 0.6) is 0 Å². The summed E-state index contributed by atoms with van der Waals surface area (Å²) in [5.74, 6) is -0.290. The Morgan fingerprint density at radius 3 is 2.33 bits per heavy atom. The zero-order chi connectivity index (χ0) is 16.4. The first kappa shape index (κ1) is 17.7. The van der Waals surface area contributed by atoms with Crippen molar-refractivity contribution in [2.45, 2.75) is 57.9 Å². The Balaban J connectivity index is 3.21. The highest BCUT2D eigenvalue weighted by molar-refractivity contribution is 7.89. The van der Waals surface area contributed by atoms with Crippen molar-refractivity contribution in [2.24, 2.45) is 5.14 Å². The van der Waals surface area contributed by atoms with Gasteiger partial charge < -0.3 is 5.32 Å². The fraction of sp³-hybridized carbons (Fsp3) is 0.533. The maximum absolute atomic E-state index is 12.3. The molecule has 0 atom stereocenters. The van der Waals surface area contributed by atoms with E-state index in [1.165, 1.54) is 6.07 Å². The summed E-state index contributed by atoms with van der Waals surface area (Å²) in [6.45, 7) is 9.37. The summed E-state index contributed by atoms with van der Waals surface area (Å²) >= 11 is 0. The molecular weight excluding hydrogens is 288 g/mol. The molecule has 6 heteroatoms. The number of amides is 1. The summed E-state index contributed by atoms with van der Waals surface area (Å²) in [6, 6.07) is 3.02. The molecule has 0 heterocycles. The van der Waals surface area contributed by atoms with Crippen LogP contribution in [-0.4, -0.2) is 19.9 Å². The molecule has 0 unspecified atom stereocenters. The third kappa shape index (κ3) is 4.54. The molecule has 3 N–H and O–H groups in total. The second kappa shape index (κ2) is 6.15. The molecule has 0 aliphatic rings. The zero-order valence-electron chi connectivity index (χ0n) is 13.3. The predicted molar refractivity (Wildman–Crippen MR) is 83.7 cm³/mol. The SMILES string of the molecule is CCCC(C)(C)NC(=O)c1cc(C)c(C)c(S(N)(=O)=O)c1. The monoisotopic (exact) mass is 312 g/mol. The number of hydrogen-bond acceptors (Lipinski definition) is 3. The Bertz CT molecular complexity index is 649. The van der Waals surface area contributed by atoms with Gasteiger partial charge >= 0.3 is 0 Å². The number of carbonyl (C=O) groups is 1. The van der Waals surface area contributed by atoms with Crippen molar-refractivity contribution in [1.29, 1.82) is 0 Å². The van der Waals surface area contributed by atoms with Crippen molar-refractivity contribution in [3.05, 3.63) is 28.8 Å². The van der Waals surface area contributed by atoms with Crippen LogP contribution in [0.2, 0.25) is 0 Å². The van der Waals surface area contributed by atoms with E-state index in [0.29, 0.717) is 11.1 Å². The van der Waals surface area contributed by atoms with Gasteiger partial charge in [0.05, 0.1) is 4.90 Å². The Morgan fingerprint density at radius 2 is 1.86 bits per heavy atom. The summed E-state index contributed by atoms with van der Waals surface area (Å²) in [7, 11) is -3.85. The number of benzene rings is 1. The van der Waals surface area contributed by atoms with Gasteiger partial charge in [-0.3, -0.25) is 4.79 Å². The Labute approximate surface area is 127 Å². The van der Waals surface area contributed by atoms with Gasteiger partial charge in [0.25, 0.3) is 5.91 Å². The summed E-state index contributed by atoms with van der Waals surface area (Å²) < 4.78 is 23.2.